The van der Waals surface area contributed by atoms with E-state index < -0.39 is 0 Å². The highest BCUT2D eigenvalue weighted by Crippen LogP contribution is 2.25. The number of carbonyl (C=O) groups is 1. The van der Waals surface area contributed by atoms with Crippen molar-refractivity contribution in [3.8, 4) is 10.6 Å². The molecule has 7 heteroatoms. The van der Waals surface area contributed by atoms with Crippen LogP contribution in [0.4, 0.5) is 5.69 Å². The minimum Gasteiger partial charge on any atom is -0.298 e. The third kappa shape index (κ3) is 4.01. The molecule has 0 saturated carbocycles. The van der Waals surface area contributed by atoms with Gasteiger partial charge in [0.2, 0.25) is 0 Å². The highest BCUT2D eigenvalue weighted by molar-refractivity contribution is 7.13. The molecule has 0 radical (unpaired) electrons. The Balaban J connectivity index is 1.66. The van der Waals surface area contributed by atoms with Gasteiger partial charge in [0.15, 0.2) is 0 Å². The fourth-order valence-corrected chi connectivity index (χ4v) is 2.89. The lowest BCUT2D eigenvalue weighted by Crippen LogP contribution is -2.29. The van der Waals surface area contributed by atoms with E-state index in [9.17, 15) is 4.79 Å². The first kappa shape index (κ1) is 15.8. The number of benzene rings is 2. The van der Waals surface area contributed by atoms with Gasteiger partial charge in [0, 0.05) is 21.0 Å². The van der Waals surface area contributed by atoms with Crippen molar-refractivity contribution in [3.63, 3.8) is 0 Å². The summed E-state index contributed by atoms with van der Waals surface area (Å²) >= 11 is 13.1. The molecule has 1 aromatic heterocycles. The Kier molecular flexibility index (Phi) is 4.81. The topological polar surface area (TPSA) is 54.0 Å². The van der Waals surface area contributed by atoms with Gasteiger partial charge in [-0.3, -0.25) is 15.6 Å². The van der Waals surface area contributed by atoms with Gasteiger partial charge < -0.3 is 0 Å². The molecule has 0 unspecified atom stereocenters. The second-order valence-electron chi connectivity index (χ2n) is 4.63. The SMILES string of the molecule is O=C(NNc1ccc(Cl)cc1)c1csc(-c2ccc(Cl)cc2)n1. The molecular formula is C16H11Cl2N3OS. The minimum atomic E-state index is -0.309. The molecule has 0 saturated heterocycles. The molecule has 0 aliphatic rings. The summed E-state index contributed by atoms with van der Waals surface area (Å²) in [5, 5.41) is 3.77. The van der Waals surface area contributed by atoms with Crippen LogP contribution in [-0.4, -0.2) is 10.9 Å². The number of anilines is 1. The van der Waals surface area contributed by atoms with Gasteiger partial charge in [-0.15, -0.1) is 11.3 Å². The average molecular weight is 364 g/mol. The lowest BCUT2D eigenvalue weighted by Gasteiger charge is -2.06. The maximum atomic E-state index is 12.1. The number of hydrogen-bond donors (Lipinski definition) is 2. The first-order chi connectivity index (χ1) is 11.1. The number of amides is 1. The summed E-state index contributed by atoms with van der Waals surface area (Å²) in [6.07, 6.45) is 0. The molecule has 116 valence electrons. The normalized spacial score (nSPS) is 10.3. The van der Waals surface area contributed by atoms with E-state index in [-0.39, 0.29) is 5.91 Å². The van der Waals surface area contributed by atoms with Crippen molar-refractivity contribution in [2.75, 3.05) is 5.43 Å². The van der Waals surface area contributed by atoms with Crippen molar-refractivity contribution in [2.24, 2.45) is 0 Å². The van der Waals surface area contributed by atoms with Gasteiger partial charge >= 0.3 is 0 Å². The zero-order chi connectivity index (χ0) is 16.2. The Labute approximate surface area is 147 Å². The Hall–Kier alpha value is -2.08. The number of halogens is 2. The van der Waals surface area contributed by atoms with E-state index in [1.807, 2.05) is 12.1 Å². The van der Waals surface area contributed by atoms with Crippen LogP contribution in [0.1, 0.15) is 10.5 Å². The molecule has 3 aromatic rings. The van der Waals surface area contributed by atoms with Crippen LogP contribution in [0, 0.1) is 0 Å². The highest BCUT2D eigenvalue weighted by atomic mass is 35.5. The number of nitrogens with zero attached hydrogens (tertiary/aromatic N) is 1. The Morgan fingerprint density at radius 2 is 1.57 bits per heavy atom. The quantitative estimate of drug-likeness (QED) is 0.649. The van der Waals surface area contributed by atoms with E-state index in [0.717, 1.165) is 16.3 Å². The molecule has 3 rings (SSSR count). The molecule has 0 bridgehead atoms. The van der Waals surface area contributed by atoms with Gasteiger partial charge in [-0.1, -0.05) is 35.3 Å². The molecule has 2 aromatic carbocycles. The van der Waals surface area contributed by atoms with E-state index in [1.54, 1.807) is 41.8 Å². The predicted octanol–water partition coefficient (Wildman–Crippen LogP) is 4.87. The van der Waals surface area contributed by atoms with Crippen molar-refractivity contribution in [3.05, 3.63) is 69.7 Å². The lowest BCUT2D eigenvalue weighted by atomic mass is 10.2. The molecular weight excluding hydrogens is 353 g/mol. The van der Waals surface area contributed by atoms with Gasteiger partial charge in [0.1, 0.15) is 10.7 Å². The standard InChI is InChI=1S/C16H11Cl2N3OS/c17-11-3-1-10(2-4-11)16-19-14(9-23-16)15(22)21-20-13-7-5-12(18)6-8-13/h1-9,20H,(H,21,22). The number of thiazole rings is 1. The molecule has 1 amide bonds. The second kappa shape index (κ2) is 7.00. The van der Waals surface area contributed by atoms with Gasteiger partial charge in [0.05, 0.1) is 5.69 Å². The summed E-state index contributed by atoms with van der Waals surface area (Å²) in [7, 11) is 0. The van der Waals surface area contributed by atoms with E-state index >= 15 is 0 Å². The lowest BCUT2D eigenvalue weighted by molar-refractivity contribution is 0.0958. The largest absolute Gasteiger partial charge is 0.298 e. The van der Waals surface area contributed by atoms with Crippen LogP contribution < -0.4 is 10.9 Å². The Morgan fingerprint density at radius 3 is 2.22 bits per heavy atom. The fraction of sp³-hybridized carbons (Fsp3) is 0. The monoisotopic (exact) mass is 363 g/mol. The maximum absolute atomic E-state index is 12.1. The number of aromatic nitrogens is 1. The van der Waals surface area contributed by atoms with Crippen LogP contribution in [0.2, 0.25) is 10.0 Å². The smallest absolute Gasteiger partial charge is 0.289 e. The summed E-state index contributed by atoms with van der Waals surface area (Å²) in [4.78, 5) is 16.4. The van der Waals surface area contributed by atoms with E-state index in [4.69, 9.17) is 23.2 Å². The molecule has 2 N–H and O–H groups in total. The third-order valence-electron chi connectivity index (χ3n) is 2.99. The molecule has 0 aliphatic carbocycles. The number of rotatable bonds is 4. The van der Waals surface area contributed by atoms with Crippen LogP contribution >= 0.6 is 34.5 Å². The Bertz CT molecular complexity index is 816. The van der Waals surface area contributed by atoms with Crippen LogP contribution in [0.25, 0.3) is 10.6 Å². The summed E-state index contributed by atoms with van der Waals surface area (Å²) < 4.78 is 0. The van der Waals surface area contributed by atoms with Crippen molar-refractivity contribution >= 4 is 46.1 Å². The van der Waals surface area contributed by atoms with Gasteiger partial charge in [-0.2, -0.15) is 0 Å². The minimum absolute atomic E-state index is 0.309. The zero-order valence-electron chi connectivity index (χ0n) is 11.7. The second-order valence-corrected chi connectivity index (χ2v) is 6.36. The van der Waals surface area contributed by atoms with Crippen molar-refractivity contribution in [2.45, 2.75) is 0 Å². The van der Waals surface area contributed by atoms with E-state index in [1.165, 1.54) is 11.3 Å². The molecule has 0 aliphatic heterocycles. The zero-order valence-corrected chi connectivity index (χ0v) is 14.0. The summed E-state index contributed by atoms with van der Waals surface area (Å²) in [5.74, 6) is -0.309. The molecule has 0 spiro atoms. The summed E-state index contributed by atoms with van der Waals surface area (Å²) in [6.45, 7) is 0. The van der Waals surface area contributed by atoms with E-state index in [2.05, 4.69) is 15.8 Å². The van der Waals surface area contributed by atoms with Gasteiger partial charge in [0.25, 0.3) is 5.91 Å². The van der Waals surface area contributed by atoms with Crippen LogP contribution in [0.5, 0.6) is 0 Å². The first-order valence-electron chi connectivity index (χ1n) is 6.65. The molecule has 0 fully saturated rings. The van der Waals surface area contributed by atoms with Gasteiger partial charge in [-0.05, 0) is 36.4 Å². The summed E-state index contributed by atoms with van der Waals surface area (Å²) in [5.41, 5.74) is 7.42. The molecule has 1 heterocycles. The number of carbonyl (C=O) groups excluding carboxylic acids is 1. The first-order valence-corrected chi connectivity index (χ1v) is 8.29. The van der Waals surface area contributed by atoms with Crippen LogP contribution in [-0.2, 0) is 0 Å². The number of nitrogens with one attached hydrogen (secondary N) is 2. The van der Waals surface area contributed by atoms with Crippen molar-refractivity contribution < 1.29 is 4.79 Å². The number of hydrazine groups is 1. The summed E-state index contributed by atoms with van der Waals surface area (Å²) in [6, 6.07) is 14.3. The predicted molar refractivity (Wildman–Crippen MR) is 95.1 cm³/mol. The third-order valence-corrected chi connectivity index (χ3v) is 4.39. The molecule has 0 atom stereocenters. The van der Waals surface area contributed by atoms with Crippen LogP contribution in [0.3, 0.4) is 0 Å². The molecule has 4 nitrogen and oxygen atoms in total. The molecule has 23 heavy (non-hydrogen) atoms. The van der Waals surface area contributed by atoms with Crippen LogP contribution in [0.15, 0.2) is 53.9 Å². The number of hydrogen-bond acceptors (Lipinski definition) is 4. The van der Waals surface area contributed by atoms with E-state index in [0.29, 0.717) is 15.7 Å². The highest BCUT2D eigenvalue weighted by Gasteiger charge is 2.11. The average Bonchev–Trinajstić information content (AvgIpc) is 3.05. The fourth-order valence-electron chi connectivity index (χ4n) is 1.83. The van der Waals surface area contributed by atoms with Gasteiger partial charge in [-0.25, -0.2) is 4.98 Å². The maximum Gasteiger partial charge on any atom is 0.289 e. The Morgan fingerprint density at radius 1 is 0.957 bits per heavy atom. The van der Waals surface area contributed by atoms with Crippen molar-refractivity contribution in [1.29, 1.82) is 0 Å². The van der Waals surface area contributed by atoms with Crippen molar-refractivity contribution in [1.82, 2.24) is 10.4 Å².